The van der Waals surface area contributed by atoms with Crippen LogP contribution in [0.4, 0.5) is 11.4 Å². The van der Waals surface area contributed by atoms with Crippen molar-refractivity contribution in [3.63, 3.8) is 0 Å². The summed E-state index contributed by atoms with van der Waals surface area (Å²) in [5.41, 5.74) is 15.6. The zero-order chi connectivity index (χ0) is 11.8. The number of H-pyrrole nitrogens is 1. The largest absolute Gasteiger partial charge is 0.399 e. The number of hydrogen-bond donors (Lipinski definition) is 3. The van der Waals surface area contributed by atoms with E-state index in [1.165, 1.54) is 0 Å². The smallest absolute Gasteiger partial charge is 0.104 e. The van der Waals surface area contributed by atoms with E-state index in [1.807, 2.05) is 18.2 Å². The highest BCUT2D eigenvalue weighted by Gasteiger charge is 2.10. The van der Waals surface area contributed by atoms with Crippen LogP contribution in [0.3, 0.4) is 0 Å². The van der Waals surface area contributed by atoms with Crippen LogP contribution in [0.1, 0.15) is 0 Å². The lowest BCUT2D eigenvalue weighted by Crippen LogP contribution is -1.91. The summed E-state index contributed by atoms with van der Waals surface area (Å²) in [7, 11) is 0. The van der Waals surface area contributed by atoms with Gasteiger partial charge < -0.3 is 11.5 Å². The van der Waals surface area contributed by atoms with Crippen LogP contribution in [-0.2, 0) is 0 Å². The van der Waals surface area contributed by atoms with Crippen LogP contribution in [0.2, 0.25) is 0 Å². The van der Waals surface area contributed by atoms with Crippen molar-refractivity contribution in [2.75, 3.05) is 11.5 Å². The minimum absolute atomic E-state index is 0.649. The minimum Gasteiger partial charge on any atom is -0.399 e. The van der Waals surface area contributed by atoms with Gasteiger partial charge in [-0.3, -0.25) is 10.1 Å². The van der Waals surface area contributed by atoms with Crippen molar-refractivity contribution in [3.05, 3.63) is 36.7 Å². The Bertz CT molecular complexity index is 686. The van der Waals surface area contributed by atoms with E-state index in [4.69, 9.17) is 11.5 Å². The predicted molar refractivity (Wildman–Crippen MR) is 68.1 cm³/mol. The number of anilines is 2. The molecule has 2 aromatic heterocycles. The molecule has 3 rings (SSSR count). The van der Waals surface area contributed by atoms with Crippen molar-refractivity contribution in [2.45, 2.75) is 0 Å². The number of aromatic nitrogens is 3. The molecule has 0 atom stereocenters. The predicted octanol–water partition coefficient (Wildman–Crippen LogP) is 1.79. The Kier molecular flexibility index (Phi) is 1.98. The standard InChI is InChI=1S/C12H11N5/c13-7-1-2-11-8(5-7)12(17-16-11)9-6-15-4-3-10(9)14/h1-6H,13H2,(H2,14,15)(H,16,17). The van der Waals surface area contributed by atoms with Gasteiger partial charge in [-0.15, -0.1) is 0 Å². The molecule has 5 heteroatoms. The van der Waals surface area contributed by atoms with E-state index in [0.717, 1.165) is 22.2 Å². The molecule has 0 saturated heterocycles. The Balaban J connectivity index is 2.31. The second-order valence-corrected chi connectivity index (χ2v) is 3.84. The van der Waals surface area contributed by atoms with Gasteiger partial charge >= 0.3 is 0 Å². The van der Waals surface area contributed by atoms with Crippen molar-refractivity contribution in [2.24, 2.45) is 0 Å². The van der Waals surface area contributed by atoms with Gasteiger partial charge in [0.1, 0.15) is 5.69 Å². The number of nitrogen functional groups attached to an aromatic ring is 2. The van der Waals surface area contributed by atoms with Gasteiger partial charge in [-0.1, -0.05) is 0 Å². The first-order valence-corrected chi connectivity index (χ1v) is 5.19. The van der Waals surface area contributed by atoms with Crippen molar-refractivity contribution >= 4 is 22.3 Å². The number of fused-ring (bicyclic) bond motifs is 1. The highest BCUT2D eigenvalue weighted by Crippen LogP contribution is 2.30. The summed E-state index contributed by atoms with van der Waals surface area (Å²) in [5, 5.41) is 8.17. The van der Waals surface area contributed by atoms with Crippen LogP contribution in [-0.4, -0.2) is 15.2 Å². The Morgan fingerprint density at radius 2 is 2.00 bits per heavy atom. The second kappa shape index (κ2) is 3.48. The first-order chi connectivity index (χ1) is 8.25. The van der Waals surface area contributed by atoms with E-state index < -0.39 is 0 Å². The first kappa shape index (κ1) is 9.65. The maximum Gasteiger partial charge on any atom is 0.104 e. The molecule has 0 saturated carbocycles. The van der Waals surface area contributed by atoms with Crippen molar-refractivity contribution in [1.82, 2.24) is 15.2 Å². The molecule has 0 aliphatic rings. The third-order valence-electron chi connectivity index (χ3n) is 2.70. The lowest BCUT2D eigenvalue weighted by atomic mass is 10.1. The summed E-state index contributed by atoms with van der Waals surface area (Å²) in [5.74, 6) is 0. The number of nitrogens with one attached hydrogen (secondary N) is 1. The Labute approximate surface area is 97.5 Å². The van der Waals surface area contributed by atoms with Gasteiger partial charge in [0.2, 0.25) is 0 Å². The quantitative estimate of drug-likeness (QED) is 0.550. The van der Waals surface area contributed by atoms with Gasteiger partial charge in [0.05, 0.1) is 5.52 Å². The summed E-state index contributed by atoms with van der Waals surface area (Å²) in [4.78, 5) is 4.07. The molecule has 0 amide bonds. The summed E-state index contributed by atoms with van der Waals surface area (Å²) in [6.07, 6.45) is 3.36. The van der Waals surface area contributed by atoms with E-state index >= 15 is 0 Å². The molecule has 2 heterocycles. The Morgan fingerprint density at radius 1 is 1.12 bits per heavy atom. The average Bonchev–Trinajstić information content (AvgIpc) is 2.72. The normalized spacial score (nSPS) is 10.8. The maximum atomic E-state index is 5.92. The molecule has 1 aromatic carbocycles. The monoisotopic (exact) mass is 225 g/mol. The topological polar surface area (TPSA) is 93.6 Å². The summed E-state index contributed by atoms with van der Waals surface area (Å²) < 4.78 is 0. The van der Waals surface area contributed by atoms with E-state index in [9.17, 15) is 0 Å². The molecular formula is C12H11N5. The summed E-state index contributed by atoms with van der Waals surface area (Å²) in [6.45, 7) is 0. The van der Waals surface area contributed by atoms with E-state index in [-0.39, 0.29) is 0 Å². The Hall–Kier alpha value is -2.56. The van der Waals surface area contributed by atoms with E-state index in [2.05, 4.69) is 15.2 Å². The van der Waals surface area contributed by atoms with Crippen LogP contribution < -0.4 is 11.5 Å². The number of aromatic amines is 1. The fraction of sp³-hybridized carbons (Fsp3) is 0. The molecule has 5 N–H and O–H groups in total. The maximum absolute atomic E-state index is 5.92. The molecule has 0 aliphatic carbocycles. The van der Waals surface area contributed by atoms with Crippen molar-refractivity contribution in [3.8, 4) is 11.3 Å². The third-order valence-corrected chi connectivity index (χ3v) is 2.70. The number of benzene rings is 1. The fourth-order valence-corrected chi connectivity index (χ4v) is 1.84. The molecule has 0 radical (unpaired) electrons. The van der Waals surface area contributed by atoms with Gasteiger partial charge in [0, 0.05) is 34.7 Å². The van der Waals surface area contributed by atoms with Crippen molar-refractivity contribution in [1.29, 1.82) is 0 Å². The first-order valence-electron chi connectivity index (χ1n) is 5.19. The molecule has 0 aliphatic heterocycles. The number of pyridine rings is 1. The molecule has 0 fully saturated rings. The molecular weight excluding hydrogens is 214 g/mol. The molecule has 0 unspecified atom stereocenters. The third kappa shape index (κ3) is 1.48. The lowest BCUT2D eigenvalue weighted by Gasteiger charge is -2.01. The highest BCUT2D eigenvalue weighted by atomic mass is 15.1. The van der Waals surface area contributed by atoms with Gasteiger partial charge in [0.15, 0.2) is 0 Å². The van der Waals surface area contributed by atoms with E-state index in [0.29, 0.717) is 11.4 Å². The Morgan fingerprint density at radius 3 is 2.82 bits per heavy atom. The van der Waals surface area contributed by atoms with E-state index in [1.54, 1.807) is 18.5 Å². The molecule has 5 nitrogen and oxygen atoms in total. The number of hydrogen-bond acceptors (Lipinski definition) is 4. The second-order valence-electron chi connectivity index (χ2n) is 3.84. The molecule has 84 valence electrons. The molecule has 3 aromatic rings. The van der Waals surface area contributed by atoms with Crippen LogP contribution in [0.25, 0.3) is 22.2 Å². The van der Waals surface area contributed by atoms with Crippen LogP contribution in [0.5, 0.6) is 0 Å². The SMILES string of the molecule is Nc1ccc2[nH]nc(-c3cnccc3N)c2c1. The number of rotatable bonds is 1. The molecule has 17 heavy (non-hydrogen) atoms. The highest BCUT2D eigenvalue weighted by molar-refractivity contribution is 5.96. The van der Waals surface area contributed by atoms with Crippen LogP contribution >= 0.6 is 0 Å². The number of nitrogens with two attached hydrogens (primary N) is 2. The van der Waals surface area contributed by atoms with Gasteiger partial charge in [-0.25, -0.2) is 0 Å². The zero-order valence-corrected chi connectivity index (χ0v) is 9.01. The van der Waals surface area contributed by atoms with Gasteiger partial charge in [-0.05, 0) is 24.3 Å². The minimum atomic E-state index is 0.649. The molecule has 0 bridgehead atoms. The zero-order valence-electron chi connectivity index (χ0n) is 9.01. The van der Waals surface area contributed by atoms with Crippen LogP contribution in [0, 0.1) is 0 Å². The van der Waals surface area contributed by atoms with Gasteiger partial charge in [-0.2, -0.15) is 5.10 Å². The molecule has 0 spiro atoms. The lowest BCUT2D eigenvalue weighted by molar-refractivity contribution is 1.12. The fourth-order valence-electron chi connectivity index (χ4n) is 1.84. The number of nitrogens with zero attached hydrogens (tertiary/aromatic N) is 2. The van der Waals surface area contributed by atoms with Gasteiger partial charge in [0.25, 0.3) is 0 Å². The summed E-state index contributed by atoms with van der Waals surface area (Å²) >= 11 is 0. The van der Waals surface area contributed by atoms with Crippen LogP contribution in [0.15, 0.2) is 36.7 Å². The summed E-state index contributed by atoms with van der Waals surface area (Å²) in [6, 6.07) is 7.35. The average molecular weight is 225 g/mol. The van der Waals surface area contributed by atoms with Crippen molar-refractivity contribution < 1.29 is 0 Å².